The first-order valence-electron chi connectivity index (χ1n) is 9.14. The van der Waals surface area contributed by atoms with E-state index >= 15 is 0 Å². The monoisotopic (exact) mass is 478 g/mol. The summed E-state index contributed by atoms with van der Waals surface area (Å²) in [5.41, 5.74) is 1.39. The quantitative estimate of drug-likeness (QED) is 0.726. The molecule has 0 aromatic carbocycles. The lowest BCUT2D eigenvalue weighted by Crippen LogP contribution is -2.42. The fourth-order valence-electron chi connectivity index (χ4n) is 3.47. The van der Waals surface area contributed by atoms with Gasteiger partial charge in [-0.05, 0) is 47.1 Å². The van der Waals surface area contributed by atoms with Crippen LogP contribution in [0.1, 0.15) is 21.8 Å². The van der Waals surface area contributed by atoms with Crippen molar-refractivity contribution >= 4 is 56.5 Å². The number of amides is 3. The molecule has 2 aromatic heterocycles. The number of nitrogens with zero attached hydrogens (tertiary/aromatic N) is 3. The number of thiophene rings is 1. The average Bonchev–Trinajstić information content (AvgIpc) is 3.28. The lowest BCUT2D eigenvalue weighted by atomic mass is 10.2. The summed E-state index contributed by atoms with van der Waals surface area (Å²) in [5.74, 6) is 0.136. The highest BCUT2D eigenvalue weighted by atomic mass is 79.9. The van der Waals surface area contributed by atoms with Gasteiger partial charge in [-0.15, -0.1) is 11.3 Å². The van der Waals surface area contributed by atoms with Crippen molar-refractivity contribution in [2.24, 2.45) is 0 Å². The zero-order valence-electron chi connectivity index (χ0n) is 15.7. The van der Waals surface area contributed by atoms with Crippen LogP contribution in [0.4, 0.5) is 11.5 Å². The van der Waals surface area contributed by atoms with Crippen molar-refractivity contribution < 1.29 is 19.1 Å². The smallest absolute Gasteiger partial charge is 0.261 e. The Morgan fingerprint density at radius 1 is 1.24 bits per heavy atom. The number of nitrogens with one attached hydrogen (secondary N) is 1. The van der Waals surface area contributed by atoms with Crippen LogP contribution in [0.2, 0.25) is 0 Å². The lowest BCUT2D eigenvalue weighted by molar-refractivity contribution is -0.125. The molecule has 29 heavy (non-hydrogen) atoms. The Kier molecular flexibility index (Phi) is 5.66. The zero-order valence-corrected chi connectivity index (χ0v) is 18.1. The molecular weight excluding hydrogens is 460 g/mol. The van der Waals surface area contributed by atoms with Crippen molar-refractivity contribution in [3.8, 4) is 0 Å². The van der Waals surface area contributed by atoms with Crippen LogP contribution < -0.4 is 15.1 Å². The zero-order chi connectivity index (χ0) is 20.5. The first kappa shape index (κ1) is 20.0. The number of ether oxygens (including phenoxy) is 1. The van der Waals surface area contributed by atoms with Gasteiger partial charge in [0.15, 0.2) is 0 Å². The number of halogens is 1. The van der Waals surface area contributed by atoms with Gasteiger partial charge >= 0.3 is 0 Å². The number of morpholine rings is 1. The van der Waals surface area contributed by atoms with E-state index in [0.717, 1.165) is 9.47 Å². The van der Waals surface area contributed by atoms with Gasteiger partial charge in [0.05, 0.1) is 32.7 Å². The molecule has 0 bridgehead atoms. The number of hydrogen-bond donors (Lipinski definition) is 1. The predicted molar refractivity (Wildman–Crippen MR) is 112 cm³/mol. The van der Waals surface area contributed by atoms with Gasteiger partial charge in [0.1, 0.15) is 12.4 Å². The van der Waals surface area contributed by atoms with E-state index in [-0.39, 0.29) is 36.8 Å². The van der Waals surface area contributed by atoms with E-state index in [1.54, 1.807) is 21.9 Å². The molecule has 2 fully saturated rings. The van der Waals surface area contributed by atoms with E-state index in [9.17, 15) is 14.4 Å². The summed E-state index contributed by atoms with van der Waals surface area (Å²) in [7, 11) is 0. The minimum absolute atomic E-state index is 0.0635. The fourth-order valence-corrected chi connectivity index (χ4v) is 4.76. The van der Waals surface area contributed by atoms with Crippen LogP contribution in [0, 0.1) is 6.92 Å². The maximum absolute atomic E-state index is 12.5. The second-order valence-corrected chi connectivity index (χ2v) is 9.32. The summed E-state index contributed by atoms with van der Waals surface area (Å²) in [5, 5.41) is 2.92. The molecule has 2 aliphatic rings. The number of hydrogen-bond acceptors (Lipinski definition) is 6. The molecule has 2 saturated heterocycles. The molecule has 152 valence electrons. The van der Waals surface area contributed by atoms with Gasteiger partial charge in [0.25, 0.3) is 11.8 Å². The highest BCUT2D eigenvalue weighted by Gasteiger charge is 2.33. The molecule has 4 heterocycles. The molecule has 0 unspecified atom stereocenters. The van der Waals surface area contributed by atoms with Gasteiger partial charge in [-0.1, -0.05) is 0 Å². The van der Waals surface area contributed by atoms with Crippen molar-refractivity contribution in [3.63, 3.8) is 0 Å². The van der Waals surface area contributed by atoms with Crippen LogP contribution in [-0.2, 0) is 14.3 Å². The number of rotatable bonds is 4. The number of carbonyl (C=O) groups excluding carboxylic acids is 3. The number of pyridine rings is 1. The molecule has 8 nitrogen and oxygen atoms in total. The van der Waals surface area contributed by atoms with Crippen molar-refractivity contribution in [1.82, 2.24) is 10.3 Å². The van der Waals surface area contributed by atoms with Crippen molar-refractivity contribution in [2.75, 3.05) is 36.1 Å². The van der Waals surface area contributed by atoms with Crippen LogP contribution in [-0.4, -0.2) is 55.1 Å². The molecule has 3 amide bonds. The normalized spacial score (nSPS) is 19.7. The summed E-state index contributed by atoms with van der Waals surface area (Å²) < 4.78 is 6.05. The maximum atomic E-state index is 12.5. The van der Waals surface area contributed by atoms with Crippen LogP contribution in [0.5, 0.6) is 0 Å². The minimum Gasteiger partial charge on any atom is -0.370 e. The minimum atomic E-state index is -0.279. The van der Waals surface area contributed by atoms with E-state index in [2.05, 4.69) is 26.2 Å². The largest absolute Gasteiger partial charge is 0.370 e. The van der Waals surface area contributed by atoms with Gasteiger partial charge in [0.2, 0.25) is 5.91 Å². The summed E-state index contributed by atoms with van der Waals surface area (Å²) in [4.78, 5) is 45.3. The molecule has 1 atom stereocenters. The van der Waals surface area contributed by atoms with Gasteiger partial charge in [-0.25, -0.2) is 4.98 Å². The van der Waals surface area contributed by atoms with Gasteiger partial charge < -0.3 is 15.0 Å². The van der Waals surface area contributed by atoms with Crippen LogP contribution >= 0.6 is 27.3 Å². The van der Waals surface area contributed by atoms with E-state index in [1.165, 1.54) is 11.3 Å². The first-order chi connectivity index (χ1) is 13.9. The fraction of sp³-hybridized carbons (Fsp3) is 0.368. The van der Waals surface area contributed by atoms with E-state index in [4.69, 9.17) is 4.74 Å². The van der Waals surface area contributed by atoms with Gasteiger partial charge in [0, 0.05) is 19.5 Å². The number of anilines is 2. The highest BCUT2D eigenvalue weighted by molar-refractivity contribution is 9.11. The molecule has 2 aliphatic heterocycles. The number of carbonyl (C=O) groups is 3. The Balaban J connectivity index is 1.46. The number of aromatic nitrogens is 1. The Hall–Kier alpha value is -2.30. The molecule has 2 aromatic rings. The summed E-state index contributed by atoms with van der Waals surface area (Å²) >= 11 is 4.69. The number of aryl methyl sites for hydroxylation is 1. The van der Waals surface area contributed by atoms with Crippen LogP contribution in [0.3, 0.4) is 0 Å². The summed E-state index contributed by atoms with van der Waals surface area (Å²) in [6, 6.07) is 6.83. The molecule has 4 rings (SSSR count). The molecule has 10 heteroatoms. The Morgan fingerprint density at radius 2 is 2.07 bits per heavy atom. The second kappa shape index (κ2) is 8.21. The topological polar surface area (TPSA) is 91.8 Å². The Bertz CT molecular complexity index is 979. The van der Waals surface area contributed by atoms with Gasteiger partial charge in [-0.3, -0.25) is 19.3 Å². The van der Waals surface area contributed by atoms with Crippen LogP contribution in [0.25, 0.3) is 0 Å². The molecular formula is C19H19BrN4O4S. The standard InChI is InChI=1S/C19H19BrN4O4S/c1-11-13(23-6-7-28-10-18(23)26)2-5-16(21-11)24-9-12(8-17(24)25)22-19(27)14-3-4-15(20)29-14/h2-5,12H,6-10H2,1H3,(H,22,27)/t12-/m1/s1. The first-order valence-corrected chi connectivity index (χ1v) is 10.8. The van der Waals surface area contributed by atoms with Crippen molar-refractivity contribution in [3.05, 3.63) is 38.6 Å². The summed E-state index contributed by atoms with van der Waals surface area (Å²) in [6.07, 6.45) is 0.225. The average molecular weight is 479 g/mol. The van der Waals surface area contributed by atoms with Crippen LogP contribution in [0.15, 0.2) is 28.1 Å². The molecule has 0 spiro atoms. The molecule has 0 saturated carbocycles. The summed E-state index contributed by atoms with van der Waals surface area (Å²) in [6.45, 7) is 3.21. The predicted octanol–water partition coefficient (Wildman–Crippen LogP) is 2.11. The third-order valence-electron chi connectivity index (χ3n) is 4.85. The highest BCUT2D eigenvalue weighted by Crippen LogP contribution is 2.27. The molecule has 1 N–H and O–H groups in total. The van der Waals surface area contributed by atoms with Gasteiger partial charge in [-0.2, -0.15) is 0 Å². The Morgan fingerprint density at radius 3 is 2.76 bits per heavy atom. The Labute approximate surface area is 180 Å². The van der Waals surface area contributed by atoms with E-state index < -0.39 is 0 Å². The molecule has 0 radical (unpaired) electrons. The third kappa shape index (κ3) is 4.19. The SMILES string of the molecule is Cc1nc(N2C[C@H](NC(=O)c3ccc(Br)s3)CC2=O)ccc1N1CCOCC1=O. The maximum Gasteiger partial charge on any atom is 0.261 e. The van der Waals surface area contributed by atoms with E-state index in [1.807, 2.05) is 19.1 Å². The van der Waals surface area contributed by atoms with E-state index in [0.29, 0.717) is 36.1 Å². The van der Waals surface area contributed by atoms with Crippen molar-refractivity contribution in [2.45, 2.75) is 19.4 Å². The van der Waals surface area contributed by atoms with Crippen molar-refractivity contribution in [1.29, 1.82) is 0 Å². The third-order valence-corrected chi connectivity index (χ3v) is 6.48. The second-order valence-electron chi connectivity index (χ2n) is 6.85. The molecule has 0 aliphatic carbocycles. The lowest BCUT2D eigenvalue weighted by Gasteiger charge is -2.28.